The number of imidazole rings is 1. The average Bonchev–Trinajstić information content (AvgIpc) is 2.95. The highest BCUT2D eigenvalue weighted by Crippen LogP contribution is 2.45. The fraction of sp³-hybridized carbons (Fsp3) is 0.417. The molecule has 0 aromatic carbocycles. The average molecular weight is 279 g/mol. The molecule has 0 bridgehead atoms. The van der Waals surface area contributed by atoms with Crippen molar-refractivity contribution in [1.29, 1.82) is 0 Å². The van der Waals surface area contributed by atoms with Crippen LogP contribution in [0.3, 0.4) is 0 Å². The fourth-order valence-corrected chi connectivity index (χ4v) is 2.62. The second-order valence-electron chi connectivity index (χ2n) is 4.90. The Hall–Kier alpha value is -2.06. The first-order valence-corrected chi connectivity index (χ1v) is 6.09. The fourth-order valence-electron chi connectivity index (χ4n) is 2.62. The van der Waals surface area contributed by atoms with Gasteiger partial charge in [0.2, 0.25) is 0 Å². The maximum absolute atomic E-state index is 14.5. The van der Waals surface area contributed by atoms with Crippen LogP contribution in [0.4, 0.5) is 10.2 Å². The Labute approximate surface area is 113 Å². The first-order chi connectivity index (χ1) is 9.49. The summed E-state index contributed by atoms with van der Waals surface area (Å²) < 4.78 is 16.1. The van der Waals surface area contributed by atoms with E-state index in [1.165, 1.54) is 12.7 Å². The van der Waals surface area contributed by atoms with Crippen LogP contribution in [0, 0.1) is 0 Å². The summed E-state index contributed by atoms with van der Waals surface area (Å²) in [6.07, 6.45) is 1.52. The molecule has 1 aliphatic rings. The summed E-state index contributed by atoms with van der Waals surface area (Å²) in [7, 11) is 0. The van der Waals surface area contributed by atoms with Gasteiger partial charge in [0.15, 0.2) is 17.1 Å². The molecule has 20 heavy (non-hydrogen) atoms. The number of nitrogens with two attached hydrogens (primary N) is 1. The summed E-state index contributed by atoms with van der Waals surface area (Å²) in [5.41, 5.74) is 4.44. The first kappa shape index (κ1) is 12.9. The van der Waals surface area contributed by atoms with Crippen LogP contribution in [0.15, 0.2) is 24.8 Å². The number of anilines is 1. The van der Waals surface area contributed by atoms with Gasteiger partial charge in [-0.05, 0) is 5.57 Å². The van der Waals surface area contributed by atoms with Gasteiger partial charge < -0.3 is 20.5 Å². The van der Waals surface area contributed by atoms with Crippen molar-refractivity contribution in [2.75, 3.05) is 12.3 Å². The zero-order chi connectivity index (χ0) is 14.5. The van der Waals surface area contributed by atoms with Crippen LogP contribution in [0.2, 0.25) is 0 Å². The van der Waals surface area contributed by atoms with Crippen molar-refractivity contribution in [3.8, 4) is 0 Å². The highest BCUT2D eigenvalue weighted by atomic mass is 19.1. The van der Waals surface area contributed by atoms with Crippen LogP contribution in [0.5, 0.6) is 0 Å². The summed E-state index contributed by atoms with van der Waals surface area (Å²) >= 11 is 0. The lowest BCUT2D eigenvalue weighted by atomic mass is 9.99. The number of hydrogen-bond donors (Lipinski definition) is 3. The van der Waals surface area contributed by atoms with Crippen molar-refractivity contribution in [2.24, 2.45) is 0 Å². The Morgan fingerprint density at radius 2 is 2.25 bits per heavy atom. The van der Waals surface area contributed by atoms with Crippen LogP contribution < -0.4 is 5.73 Å². The van der Waals surface area contributed by atoms with E-state index < -0.39 is 24.4 Å². The quantitative estimate of drug-likeness (QED) is 0.666. The van der Waals surface area contributed by atoms with E-state index in [1.807, 2.05) is 0 Å². The van der Waals surface area contributed by atoms with Crippen molar-refractivity contribution < 1.29 is 14.6 Å². The number of aromatic nitrogens is 4. The molecule has 7 nitrogen and oxygen atoms in total. The third-order valence-corrected chi connectivity index (χ3v) is 3.86. The van der Waals surface area contributed by atoms with Gasteiger partial charge in [-0.25, -0.2) is 19.3 Å². The predicted molar refractivity (Wildman–Crippen MR) is 69.5 cm³/mol. The van der Waals surface area contributed by atoms with Crippen molar-refractivity contribution in [2.45, 2.75) is 24.2 Å². The number of halogens is 1. The molecule has 1 fully saturated rings. The molecule has 0 unspecified atom stereocenters. The summed E-state index contributed by atoms with van der Waals surface area (Å²) in [5.74, 6) is 0.228. The summed E-state index contributed by atoms with van der Waals surface area (Å²) in [6.45, 7) is 2.86. The molecule has 2 aromatic heterocycles. The molecule has 1 saturated carbocycles. The summed E-state index contributed by atoms with van der Waals surface area (Å²) in [5, 5.41) is 19.0. The van der Waals surface area contributed by atoms with Crippen LogP contribution in [0.1, 0.15) is 12.5 Å². The van der Waals surface area contributed by atoms with Gasteiger partial charge in [0.1, 0.15) is 11.8 Å². The van der Waals surface area contributed by atoms with E-state index in [0.29, 0.717) is 11.2 Å². The summed E-state index contributed by atoms with van der Waals surface area (Å²) in [4.78, 5) is 12.0. The van der Waals surface area contributed by atoms with Crippen molar-refractivity contribution in [3.63, 3.8) is 0 Å². The van der Waals surface area contributed by atoms with E-state index in [9.17, 15) is 14.6 Å². The van der Waals surface area contributed by atoms with Gasteiger partial charge in [-0.1, -0.05) is 6.58 Å². The predicted octanol–water partition coefficient (Wildman–Crippen LogP) is -0.0290. The molecule has 0 aliphatic heterocycles. The number of rotatable bonds is 2. The van der Waals surface area contributed by atoms with Gasteiger partial charge in [-0.3, -0.25) is 0 Å². The molecule has 0 radical (unpaired) electrons. The molecule has 2 aromatic rings. The Kier molecular flexibility index (Phi) is 2.73. The van der Waals surface area contributed by atoms with Crippen LogP contribution >= 0.6 is 0 Å². The molecule has 106 valence electrons. The van der Waals surface area contributed by atoms with Gasteiger partial charge in [-0.15, -0.1) is 0 Å². The highest BCUT2D eigenvalue weighted by Gasteiger charge is 2.51. The molecule has 8 heteroatoms. The minimum Gasteiger partial charge on any atom is -0.393 e. The van der Waals surface area contributed by atoms with Gasteiger partial charge in [0.05, 0.1) is 25.1 Å². The number of fused-ring (bicyclic) bond motifs is 1. The van der Waals surface area contributed by atoms with Crippen LogP contribution in [-0.2, 0) is 0 Å². The number of alkyl halides is 1. The SMILES string of the molecule is C=C1[C@H](n2cnc3c(N)ncnc32)C[C@H](O)[C@]1(F)CO. The zero-order valence-corrected chi connectivity index (χ0v) is 10.6. The van der Waals surface area contributed by atoms with Crippen LogP contribution in [-0.4, -0.2) is 48.1 Å². The van der Waals surface area contributed by atoms with E-state index in [4.69, 9.17) is 5.73 Å². The monoisotopic (exact) mass is 279 g/mol. The van der Waals surface area contributed by atoms with Crippen LogP contribution in [0.25, 0.3) is 11.2 Å². The van der Waals surface area contributed by atoms with E-state index >= 15 is 0 Å². The minimum absolute atomic E-state index is 0.0886. The lowest BCUT2D eigenvalue weighted by Crippen LogP contribution is -2.37. The molecule has 2 heterocycles. The Balaban J connectivity index is 2.09. The third-order valence-electron chi connectivity index (χ3n) is 3.86. The number of aliphatic hydroxyl groups is 2. The van der Waals surface area contributed by atoms with Gasteiger partial charge >= 0.3 is 0 Å². The zero-order valence-electron chi connectivity index (χ0n) is 10.6. The standard InChI is InChI=1S/C12H14FN5O2/c1-6-7(2-8(20)12(6,13)3-19)18-5-17-9-10(14)15-4-16-11(9)18/h4-5,7-8,19-20H,1-3H2,(H2,14,15,16)/t7-,8+,12+/m1/s1. The number of nitrogens with zero attached hydrogens (tertiary/aromatic N) is 4. The summed E-state index contributed by atoms with van der Waals surface area (Å²) in [6, 6.07) is -0.540. The maximum atomic E-state index is 14.5. The normalized spacial score (nSPS) is 30.2. The molecular formula is C12H14FN5O2. The molecule has 0 amide bonds. The lowest BCUT2D eigenvalue weighted by molar-refractivity contribution is -0.00222. The smallest absolute Gasteiger partial charge is 0.182 e. The third kappa shape index (κ3) is 1.55. The number of nitrogen functional groups attached to an aromatic ring is 1. The Bertz CT molecular complexity index is 688. The van der Waals surface area contributed by atoms with Crippen molar-refractivity contribution in [3.05, 3.63) is 24.8 Å². The molecule has 0 saturated heterocycles. The molecule has 1 aliphatic carbocycles. The first-order valence-electron chi connectivity index (χ1n) is 6.09. The van der Waals surface area contributed by atoms with E-state index in [2.05, 4.69) is 21.5 Å². The number of aliphatic hydroxyl groups excluding tert-OH is 2. The van der Waals surface area contributed by atoms with E-state index in [-0.39, 0.29) is 17.8 Å². The largest absolute Gasteiger partial charge is 0.393 e. The Morgan fingerprint density at radius 3 is 2.90 bits per heavy atom. The highest BCUT2D eigenvalue weighted by molar-refractivity contribution is 5.81. The maximum Gasteiger partial charge on any atom is 0.182 e. The van der Waals surface area contributed by atoms with Gasteiger partial charge in [0.25, 0.3) is 0 Å². The second kappa shape index (κ2) is 4.22. The Morgan fingerprint density at radius 1 is 1.50 bits per heavy atom. The van der Waals surface area contributed by atoms with E-state index in [0.717, 1.165) is 0 Å². The molecular weight excluding hydrogens is 265 g/mol. The van der Waals surface area contributed by atoms with Crippen molar-refractivity contribution >= 4 is 17.0 Å². The molecule has 3 rings (SSSR count). The van der Waals surface area contributed by atoms with Gasteiger partial charge in [-0.2, -0.15) is 0 Å². The second-order valence-corrected chi connectivity index (χ2v) is 4.90. The van der Waals surface area contributed by atoms with E-state index in [1.54, 1.807) is 4.57 Å². The molecule has 0 spiro atoms. The van der Waals surface area contributed by atoms with Gasteiger partial charge in [0, 0.05) is 6.42 Å². The lowest BCUT2D eigenvalue weighted by Gasteiger charge is -2.22. The topological polar surface area (TPSA) is 110 Å². The minimum atomic E-state index is -2.21. The molecule has 4 N–H and O–H groups in total. The molecule has 3 atom stereocenters. The van der Waals surface area contributed by atoms with Crippen molar-refractivity contribution in [1.82, 2.24) is 19.5 Å². The number of hydrogen-bond acceptors (Lipinski definition) is 6.